The first-order valence-corrected chi connectivity index (χ1v) is 8.63. The lowest BCUT2D eigenvalue weighted by Gasteiger charge is -2.18. The van der Waals surface area contributed by atoms with E-state index in [1.54, 1.807) is 18.0 Å². The van der Waals surface area contributed by atoms with Crippen molar-refractivity contribution >= 4 is 22.6 Å². The Kier molecular flexibility index (Phi) is 5.37. The van der Waals surface area contributed by atoms with Gasteiger partial charge in [0.2, 0.25) is 0 Å². The smallest absolute Gasteiger partial charge is 0.338 e. The number of hydrogen-bond acceptors (Lipinski definition) is 4. The minimum atomic E-state index is -0.377. The number of anilines is 1. The summed E-state index contributed by atoms with van der Waals surface area (Å²) in [6.45, 7) is 3.27. The molecule has 0 unspecified atom stereocenters. The molecule has 0 aliphatic rings. The maximum atomic E-state index is 12.4. The molecule has 0 fully saturated rings. The molecule has 5 heteroatoms. The van der Waals surface area contributed by atoms with Gasteiger partial charge in [0, 0.05) is 37.2 Å². The molecule has 1 N–H and O–H groups in total. The van der Waals surface area contributed by atoms with Crippen LogP contribution in [0.3, 0.4) is 0 Å². The largest absolute Gasteiger partial charge is 0.423 e. The number of carbonyl (C=O) groups is 1. The van der Waals surface area contributed by atoms with Crippen LogP contribution in [0.15, 0.2) is 63.8 Å². The summed E-state index contributed by atoms with van der Waals surface area (Å²) in [5, 5.41) is 4.14. The van der Waals surface area contributed by atoms with Crippen molar-refractivity contribution in [1.29, 1.82) is 0 Å². The van der Waals surface area contributed by atoms with E-state index in [2.05, 4.69) is 5.32 Å². The lowest BCUT2D eigenvalue weighted by atomic mass is 10.1. The number of nitrogens with zero attached hydrogens (tertiary/aromatic N) is 1. The van der Waals surface area contributed by atoms with Crippen LogP contribution in [0, 0.1) is 6.92 Å². The van der Waals surface area contributed by atoms with Crippen LogP contribution in [0.1, 0.15) is 22.3 Å². The van der Waals surface area contributed by atoms with Gasteiger partial charge in [-0.05, 0) is 37.6 Å². The van der Waals surface area contributed by atoms with Gasteiger partial charge in [-0.3, -0.25) is 4.79 Å². The molecule has 0 bridgehead atoms. The quantitative estimate of drug-likeness (QED) is 0.544. The Balaban J connectivity index is 1.56. The normalized spacial score (nSPS) is 10.7. The van der Waals surface area contributed by atoms with Crippen LogP contribution in [-0.2, 0) is 0 Å². The molecule has 0 aliphatic heterocycles. The molecule has 0 saturated carbocycles. The summed E-state index contributed by atoms with van der Waals surface area (Å²) in [4.78, 5) is 25.8. The van der Waals surface area contributed by atoms with E-state index in [9.17, 15) is 9.59 Å². The predicted molar refractivity (Wildman–Crippen MR) is 104 cm³/mol. The Bertz CT molecular complexity index is 961. The molecule has 2 aromatic carbocycles. The number of carbonyl (C=O) groups excluding carboxylic acids is 1. The van der Waals surface area contributed by atoms with Crippen LogP contribution in [0.5, 0.6) is 0 Å². The third-order valence-electron chi connectivity index (χ3n) is 4.28. The summed E-state index contributed by atoms with van der Waals surface area (Å²) in [6, 6.07) is 16.5. The molecular weight excluding hydrogens is 328 g/mol. The molecule has 1 aromatic heterocycles. The number of amides is 1. The third kappa shape index (κ3) is 4.11. The van der Waals surface area contributed by atoms with Crippen molar-refractivity contribution < 1.29 is 9.21 Å². The molecule has 5 nitrogen and oxygen atoms in total. The summed E-state index contributed by atoms with van der Waals surface area (Å²) in [7, 11) is 1.80. The number of aryl methyl sites for hydroxylation is 1. The SMILES string of the molecule is Cc1ccc(C(=O)N(C)CCCNc2cc(=O)oc3ccccc23)cc1. The van der Waals surface area contributed by atoms with Gasteiger partial charge < -0.3 is 14.6 Å². The molecule has 0 spiro atoms. The second-order valence-corrected chi connectivity index (χ2v) is 6.35. The predicted octanol–water partition coefficient (Wildman–Crippen LogP) is 3.68. The number of benzene rings is 2. The van der Waals surface area contributed by atoms with Gasteiger partial charge in [-0.15, -0.1) is 0 Å². The minimum Gasteiger partial charge on any atom is -0.423 e. The molecule has 134 valence electrons. The lowest BCUT2D eigenvalue weighted by Crippen LogP contribution is -2.28. The molecule has 0 atom stereocenters. The Morgan fingerprint density at radius 1 is 1.12 bits per heavy atom. The van der Waals surface area contributed by atoms with Crippen LogP contribution in [-0.4, -0.2) is 30.9 Å². The molecule has 0 saturated heterocycles. The van der Waals surface area contributed by atoms with Gasteiger partial charge in [0.05, 0.1) is 5.69 Å². The average Bonchev–Trinajstić information content (AvgIpc) is 2.64. The number of para-hydroxylation sites is 1. The van der Waals surface area contributed by atoms with Gasteiger partial charge in [-0.1, -0.05) is 29.8 Å². The Morgan fingerprint density at radius 2 is 1.85 bits per heavy atom. The Hall–Kier alpha value is -3.08. The van der Waals surface area contributed by atoms with Crippen molar-refractivity contribution in [3.05, 3.63) is 76.1 Å². The Labute approximate surface area is 152 Å². The highest BCUT2D eigenvalue weighted by atomic mass is 16.4. The molecule has 0 radical (unpaired) electrons. The van der Waals surface area contributed by atoms with Crippen molar-refractivity contribution in [3.8, 4) is 0 Å². The van der Waals surface area contributed by atoms with Crippen LogP contribution >= 0.6 is 0 Å². The van der Waals surface area contributed by atoms with Gasteiger partial charge in [-0.2, -0.15) is 0 Å². The standard InChI is InChI=1S/C21H22N2O3/c1-15-8-10-16(11-9-15)21(25)23(2)13-5-12-22-18-14-20(24)26-19-7-4-3-6-17(18)19/h3-4,6-11,14,22H,5,12-13H2,1-2H3. The molecule has 0 aliphatic carbocycles. The van der Waals surface area contributed by atoms with Crippen LogP contribution in [0.25, 0.3) is 11.0 Å². The molecule has 1 heterocycles. The molecule has 1 amide bonds. The summed E-state index contributed by atoms with van der Waals surface area (Å²) in [6.07, 6.45) is 0.767. The van der Waals surface area contributed by atoms with Crippen molar-refractivity contribution in [3.63, 3.8) is 0 Å². The first kappa shape index (κ1) is 17.7. The number of fused-ring (bicyclic) bond motifs is 1. The van der Waals surface area contributed by atoms with Gasteiger partial charge >= 0.3 is 5.63 Å². The number of nitrogens with one attached hydrogen (secondary N) is 1. The van der Waals surface area contributed by atoms with Crippen molar-refractivity contribution in [2.24, 2.45) is 0 Å². The van der Waals surface area contributed by atoms with Crippen LogP contribution in [0.4, 0.5) is 5.69 Å². The fourth-order valence-electron chi connectivity index (χ4n) is 2.82. The number of hydrogen-bond donors (Lipinski definition) is 1. The van der Waals surface area contributed by atoms with E-state index in [0.29, 0.717) is 24.2 Å². The Morgan fingerprint density at radius 3 is 2.62 bits per heavy atom. The van der Waals surface area contributed by atoms with E-state index in [0.717, 1.165) is 23.1 Å². The zero-order valence-corrected chi connectivity index (χ0v) is 15.0. The monoisotopic (exact) mass is 350 g/mol. The van der Waals surface area contributed by atoms with E-state index in [1.807, 2.05) is 49.4 Å². The van der Waals surface area contributed by atoms with E-state index >= 15 is 0 Å². The topological polar surface area (TPSA) is 62.6 Å². The third-order valence-corrected chi connectivity index (χ3v) is 4.28. The van der Waals surface area contributed by atoms with E-state index in [1.165, 1.54) is 6.07 Å². The molecule has 26 heavy (non-hydrogen) atoms. The fourth-order valence-corrected chi connectivity index (χ4v) is 2.82. The first-order chi connectivity index (χ1) is 12.5. The zero-order valence-electron chi connectivity index (χ0n) is 15.0. The van der Waals surface area contributed by atoms with Gasteiger partial charge in [0.1, 0.15) is 5.58 Å². The highest BCUT2D eigenvalue weighted by Crippen LogP contribution is 2.20. The first-order valence-electron chi connectivity index (χ1n) is 8.63. The highest BCUT2D eigenvalue weighted by Gasteiger charge is 2.11. The van der Waals surface area contributed by atoms with Gasteiger partial charge in [-0.25, -0.2) is 4.79 Å². The second kappa shape index (κ2) is 7.87. The zero-order chi connectivity index (χ0) is 18.5. The van der Waals surface area contributed by atoms with E-state index in [4.69, 9.17) is 4.42 Å². The second-order valence-electron chi connectivity index (χ2n) is 6.35. The fraction of sp³-hybridized carbons (Fsp3) is 0.238. The minimum absolute atomic E-state index is 0.0100. The molecule has 3 aromatic rings. The molecule has 3 rings (SSSR count). The van der Waals surface area contributed by atoms with E-state index in [-0.39, 0.29) is 11.5 Å². The number of rotatable bonds is 6. The maximum Gasteiger partial charge on any atom is 0.338 e. The van der Waals surface area contributed by atoms with Crippen LogP contribution < -0.4 is 10.9 Å². The summed E-state index contributed by atoms with van der Waals surface area (Å²) in [5.41, 5.74) is 2.77. The molecular formula is C21H22N2O3. The van der Waals surface area contributed by atoms with Crippen molar-refractivity contribution in [2.45, 2.75) is 13.3 Å². The lowest BCUT2D eigenvalue weighted by molar-refractivity contribution is 0.0794. The van der Waals surface area contributed by atoms with Gasteiger partial charge in [0.15, 0.2) is 0 Å². The van der Waals surface area contributed by atoms with E-state index < -0.39 is 0 Å². The van der Waals surface area contributed by atoms with Crippen molar-refractivity contribution in [1.82, 2.24) is 4.90 Å². The maximum absolute atomic E-state index is 12.4. The van der Waals surface area contributed by atoms with Gasteiger partial charge in [0.25, 0.3) is 5.91 Å². The van der Waals surface area contributed by atoms with Crippen molar-refractivity contribution in [2.75, 3.05) is 25.5 Å². The van der Waals surface area contributed by atoms with Crippen LogP contribution in [0.2, 0.25) is 0 Å². The summed E-state index contributed by atoms with van der Waals surface area (Å²) < 4.78 is 5.19. The average molecular weight is 350 g/mol. The summed E-state index contributed by atoms with van der Waals surface area (Å²) in [5.74, 6) is 0.0100. The highest BCUT2D eigenvalue weighted by molar-refractivity contribution is 5.94. The summed E-state index contributed by atoms with van der Waals surface area (Å²) >= 11 is 0.